The van der Waals surface area contributed by atoms with Gasteiger partial charge in [-0.15, -0.1) is 0 Å². The number of hydrogen-bond acceptors (Lipinski definition) is 2. The van der Waals surface area contributed by atoms with Crippen LogP contribution in [0.2, 0.25) is 0 Å². The summed E-state index contributed by atoms with van der Waals surface area (Å²) in [5.41, 5.74) is -0.461. The van der Waals surface area contributed by atoms with E-state index in [2.05, 4.69) is 17.6 Å². The van der Waals surface area contributed by atoms with E-state index in [9.17, 15) is 4.79 Å². The molecule has 1 rings (SSSR count). The van der Waals surface area contributed by atoms with Crippen LogP contribution in [0, 0.1) is 5.92 Å². The van der Waals surface area contributed by atoms with Crippen LogP contribution in [-0.2, 0) is 4.79 Å². The predicted molar refractivity (Wildman–Crippen MR) is 58.1 cm³/mol. The van der Waals surface area contributed by atoms with Gasteiger partial charge in [0.05, 0.1) is 5.54 Å². The highest BCUT2D eigenvalue weighted by molar-refractivity contribution is 5.85. The molecule has 1 unspecified atom stereocenters. The fourth-order valence-electron chi connectivity index (χ4n) is 1.43. The Morgan fingerprint density at radius 1 is 1.50 bits per heavy atom. The zero-order valence-corrected chi connectivity index (χ0v) is 9.68. The number of amides is 1. The van der Waals surface area contributed by atoms with Crippen molar-refractivity contribution in [2.24, 2.45) is 5.92 Å². The van der Waals surface area contributed by atoms with Gasteiger partial charge < -0.3 is 10.6 Å². The van der Waals surface area contributed by atoms with Crippen molar-refractivity contribution in [1.82, 2.24) is 10.6 Å². The lowest BCUT2D eigenvalue weighted by molar-refractivity contribution is -0.126. The van der Waals surface area contributed by atoms with E-state index in [1.54, 1.807) is 0 Å². The Labute approximate surface area is 86.6 Å². The first-order valence-electron chi connectivity index (χ1n) is 5.45. The molecule has 0 saturated heterocycles. The van der Waals surface area contributed by atoms with Crippen LogP contribution in [0.3, 0.4) is 0 Å². The fraction of sp³-hybridized carbons (Fsp3) is 0.909. The molecule has 14 heavy (non-hydrogen) atoms. The van der Waals surface area contributed by atoms with Crippen molar-refractivity contribution in [3.05, 3.63) is 0 Å². The van der Waals surface area contributed by atoms with Crippen LogP contribution < -0.4 is 10.6 Å². The molecule has 1 saturated carbocycles. The van der Waals surface area contributed by atoms with Gasteiger partial charge in [0, 0.05) is 6.04 Å². The highest BCUT2D eigenvalue weighted by Crippen LogP contribution is 2.33. The van der Waals surface area contributed by atoms with Crippen molar-refractivity contribution in [2.45, 2.75) is 51.6 Å². The molecule has 0 radical (unpaired) electrons. The third-order valence-electron chi connectivity index (χ3n) is 2.95. The molecule has 0 aromatic rings. The van der Waals surface area contributed by atoms with E-state index in [4.69, 9.17) is 0 Å². The Kier molecular flexibility index (Phi) is 3.53. The number of carbonyl (C=O) groups is 1. The normalized spacial score (nSPS) is 19.1. The predicted octanol–water partition coefficient (Wildman–Crippen LogP) is 1.29. The maximum absolute atomic E-state index is 11.7. The summed E-state index contributed by atoms with van der Waals surface area (Å²) in [6.07, 6.45) is 3.82. The molecule has 0 heterocycles. The standard InChI is InChI=1S/C11H22N2O/c1-8(7-9-5-6-9)13-10(14)11(2,3)12-4/h8-9,12H,5-7H2,1-4H3,(H,13,14). The molecular formula is C11H22N2O. The molecule has 0 bridgehead atoms. The van der Waals surface area contributed by atoms with Crippen LogP contribution in [0.4, 0.5) is 0 Å². The van der Waals surface area contributed by atoms with Crippen LogP contribution in [0.5, 0.6) is 0 Å². The summed E-state index contributed by atoms with van der Waals surface area (Å²) >= 11 is 0. The van der Waals surface area contributed by atoms with Crippen molar-refractivity contribution in [3.8, 4) is 0 Å². The van der Waals surface area contributed by atoms with Crippen molar-refractivity contribution in [3.63, 3.8) is 0 Å². The van der Waals surface area contributed by atoms with Gasteiger partial charge >= 0.3 is 0 Å². The van der Waals surface area contributed by atoms with Gasteiger partial charge in [-0.3, -0.25) is 4.79 Å². The summed E-state index contributed by atoms with van der Waals surface area (Å²) in [4.78, 5) is 11.7. The molecular weight excluding hydrogens is 176 g/mol. The van der Waals surface area contributed by atoms with Crippen LogP contribution in [0.1, 0.15) is 40.0 Å². The largest absolute Gasteiger partial charge is 0.352 e. The second kappa shape index (κ2) is 4.30. The first kappa shape index (κ1) is 11.5. The molecule has 3 heteroatoms. The lowest BCUT2D eigenvalue weighted by atomic mass is 10.0. The Bertz CT molecular complexity index is 209. The van der Waals surface area contributed by atoms with Gasteiger partial charge in [-0.05, 0) is 40.2 Å². The molecule has 0 spiro atoms. The maximum atomic E-state index is 11.7. The average Bonchev–Trinajstić information content (AvgIpc) is 2.88. The van der Waals surface area contributed by atoms with Crippen molar-refractivity contribution in [2.75, 3.05) is 7.05 Å². The zero-order chi connectivity index (χ0) is 10.8. The summed E-state index contributed by atoms with van der Waals surface area (Å²) in [6.45, 7) is 5.88. The highest BCUT2D eigenvalue weighted by Gasteiger charge is 2.28. The highest BCUT2D eigenvalue weighted by atomic mass is 16.2. The third-order valence-corrected chi connectivity index (χ3v) is 2.95. The summed E-state index contributed by atoms with van der Waals surface area (Å²) in [7, 11) is 1.81. The summed E-state index contributed by atoms with van der Waals surface area (Å²) in [5.74, 6) is 0.955. The second-order valence-corrected chi connectivity index (χ2v) is 4.93. The maximum Gasteiger partial charge on any atom is 0.239 e. The summed E-state index contributed by atoms with van der Waals surface area (Å²) in [6, 6.07) is 0.308. The topological polar surface area (TPSA) is 41.1 Å². The Morgan fingerprint density at radius 2 is 2.07 bits per heavy atom. The summed E-state index contributed by atoms with van der Waals surface area (Å²) < 4.78 is 0. The average molecular weight is 198 g/mol. The quantitative estimate of drug-likeness (QED) is 0.699. The lowest BCUT2D eigenvalue weighted by Gasteiger charge is -2.25. The molecule has 1 aliphatic carbocycles. The van der Waals surface area contributed by atoms with Crippen LogP contribution in [0.15, 0.2) is 0 Å². The second-order valence-electron chi connectivity index (χ2n) is 4.93. The van der Waals surface area contributed by atoms with E-state index in [0.29, 0.717) is 6.04 Å². The van der Waals surface area contributed by atoms with E-state index >= 15 is 0 Å². The Balaban J connectivity index is 2.30. The molecule has 82 valence electrons. The molecule has 3 nitrogen and oxygen atoms in total. The molecule has 1 fully saturated rings. The molecule has 0 aromatic heterocycles. The van der Waals surface area contributed by atoms with Gasteiger partial charge in [0.25, 0.3) is 0 Å². The Morgan fingerprint density at radius 3 is 2.50 bits per heavy atom. The van der Waals surface area contributed by atoms with Gasteiger partial charge in [0.1, 0.15) is 0 Å². The van der Waals surface area contributed by atoms with Crippen LogP contribution >= 0.6 is 0 Å². The molecule has 1 amide bonds. The van der Waals surface area contributed by atoms with Gasteiger partial charge in [-0.25, -0.2) is 0 Å². The minimum atomic E-state index is -0.461. The Hall–Kier alpha value is -0.570. The number of nitrogens with one attached hydrogen (secondary N) is 2. The summed E-state index contributed by atoms with van der Waals surface area (Å²) in [5, 5.41) is 6.04. The van der Waals surface area contributed by atoms with Crippen molar-refractivity contribution >= 4 is 5.91 Å². The fourth-order valence-corrected chi connectivity index (χ4v) is 1.43. The van der Waals surface area contributed by atoms with Crippen molar-refractivity contribution < 1.29 is 4.79 Å². The van der Waals surface area contributed by atoms with E-state index in [1.807, 2.05) is 20.9 Å². The van der Waals surface area contributed by atoms with Gasteiger partial charge in [0.2, 0.25) is 5.91 Å². The smallest absolute Gasteiger partial charge is 0.239 e. The molecule has 2 N–H and O–H groups in total. The number of likely N-dealkylation sites (N-methyl/N-ethyl adjacent to an activating group) is 1. The molecule has 1 atom stereocenters. The third kappa shape index (κ3) is 3.29. The van der Waals surface area contributed by atoms with Gasteiger partial charge in [0.15, 0.2) is 0 Å². The van der Waals surface area contributed by atoms with Crippen molar-refractivity contribution in [1.29, 1.82) is 0 Å². The zero-order valence-electron chi connectivity index (χ0n) is 9.68. The van der Waals surface area contributed by atoms with E-state index < -0.39 is 5.54 Å². The van der Waals surface area contributed by atoms with E-state index in [1.165, 1.54) is 12.8 Å². The number of hydrogen-bond donors (Lipinski definition) is 2. The molecule has 0 aliphatic heterocycles. The van der Waals surface area contributed by atoms with E-state index in [0.717, 1.165) is 12.3 Å². The molecule has 1 aliphatic rings. The molecule has 0 aromatic carbocycles. The lowest BCUT2D eigenvalue weighted by Crippen LogP contribution is -2.53. The van der Waals surface area contributed by atoms with Crippen LogP contribution in [0.25, 0.3) is 0 Å². The SMILES string of the molecule is CNC(C)(C)C(=O)NC(C)CC1CC1. The van der Waals surface area contributed by atoms with Crippen LogP contribution in [-0.4, -0.2) is 24.5 Å². The minimum absolute atomic E-state index is 0.0909. The van der Waals surface area contributed by atoms with Gasteiger partial charge in [-0.2, -0.15) is 0 Å². The number of rotatable bonds is 5. The minimum Gasteiger partial charge on any atom is -0.352 e. The van der Waals surface area contributed by atoms with Gasteiger partial charge in [-0.1, -0.05) is 12.8 Å². The number of carbonyl (C=O) groups excluding carboxylic acids is 1. The first-order chi connectivity index (χ1) is 6.45. The van der Waals surface area contributed by atoms with E-state index in [-0.39, 0.29) is 5.91 Å². The first-order valence-corrected chi connectivity index (χ1v) is 5.45. The monoisotopic (exact) mass is 198 g/mol.